The van der Waals surface area contributed by atoms with Crippen molar-refractivity contribution in [1.29, 1.82) is 0 Å². The summed E-state index contributed by atoms with van der Waals surface area (Å²) in [5, 5.41) is 6.35. The van der Waals surface area contributed by atoms with Crippen LogP contribution in [-0.2, 0) is 22.7 Å². The number of nitrogens with one attached hydrogen (secondary N) is 2. The number of halogens is 1. The van der Waals surface area contributed by atoms with E-state index in [-0.39, 0.29) is 42.3 Å². The number of carbonyl (C=O) groups excluding carboxylic acids is 3. The Morgan fingerprint density at radius 1 is 1.17 bits per heavy atom. The molecule has 1 aromatic carbocycles. The zero-order valence-corrected chi connectivity index (χ0v) is 20.5. The van der Waals surface area contributed by atoms with Crippen LogP contribution in [-0.4, -0.2) is 43.8 Å². The first kappa shape index (κ1) is 24.0. The van der Waals surface area contributed by atoms with Crippen LogP contribution in [0.25, 0.3) is 10.9 Å². The van der Waals surface area contributed by atoms with Crippen LogP contribution in [0.4, 0.5) is 10.1 Å². The Morgan fingerprint density at radius 2 is 1.94 bits per heavy atom. The maximum Gasteiger partial charge on any atom is 0.274 e. The van der Waals surface area contributed by atoms with Gasteiger partial charge in [0, 0.05) is 24.5 Å². The van der Waals surface area contributed by atoms with E-state index in [9.17, 15) is 18.8 Å². The third-order valence-corrected chi connectivity index (χ3v) is 7.31. The number of aromatic nitrogens is 2. The number of hydrogen-bond donors (Lipinski definition) is 2. The molecule has 9 heteroatoms. The molecule has 1 atom stereocenters. The number of rotatable bonds is 5. The number of carbonyl (C=O) groups is 3. The fourth-order valence-electron chi connectivity index (χ4n) is 5.44. The molecule has 188 valence electrons. The second-order valence-corrected chi connectivity index (χ2v) is 9.95. The summed E-state index contributed by atoms with van der Waals surface area (Å²) in [5.74, 6) is -1.50. The summed E-state index contributed by atoms with van der Waals surface area (Å²) in [6.45, 7) is 3.38. The van der Waals surface area contributed by atoms with Crippen molar-refractivity contribution in [1.82, 2.24) is 19.8 Å². The third-order valence-electron chi connectivity index (χ3n) is 7.31. The number of nitrogens with zero attached hydrogens (tertiary/aromatic N) is 3. The van der Waals surface area contributed by atoms with Crippen LogP contribution in [0.1, 0.15) is 62.1 Å². The zero-order chi connectivity index (χ0) is 25.4. The van der Waals surface area contributed by atoms with Crippen molar-refractivity contribution in [3.8, 4) is 0 Å². The first-order chi connectivity index (χ1) is 17.3. The summed E-state index contributed by atoms with van der Waals surface area (Å²) in [6, 6.07) is 9.71. The standard InChI is InChI=1S/C27H30FN5O3/c1-17(34)30-23-21-14-18(28)11-12-22(21)32-16-27(2,26(36)31-19-8-4-3-5-9-19)33(25(35)24(23)32)15-20-10-6-7-13-29-20/h6-7,10-14,19H,3-5,8-9,15-16H2,1-2H3,(H,30,34)(H,31,36)/t27-/m0/s1. The Kier molecular flexibility index (Phi) is 6.24. The van der Waals surface area contributed by atoms with E-state index in [0.29, 0.717) is 16.6 Å². The highest BCUT2D eigenvalue weighted by atomic mass is 19.1. The molecule has 1 fully saturated rings. The van der Waals surface area contributed by atoms with Gasteiger partial charge in [0.25, 0.3) is 5.91 Å². The van der Waals surface area contributed by atoms with Crippen molar-refractivity contribution < 1.29 is 18.8 Å². The highest BCUT2D eigenvalue weighted by molar-refractivity contribution is 6.14. The SMILES string of the molecule is CC(=O)Nc1c2n(c3ccc(F)cc13)C[C@@](C)(C(=O)NC1CCCCC1)N(Cc1ccccn1)C2=O. The second-order valence-electron chi connectivity index (χ2n) is 9.95. The maximum absolute atomic E-state index is 14.2. The smallest absolute Gasteiger partial charge is 0.274 e. The van der Waals surface area contributed by atoms with Gasteiger partial charge in [0.05, 0.1) is 30.0 Å². The molecular formula is C27H30FN5O3. The van der Waals surface area contributed by atoms with E-state index in [1.165, 1.54) is 24.0 Å². The largest absolute Gasteiger partial charge is 0.351 e. The quantitative estimate of drug-likeness (QED) is 0.564. The maximum atomic E-state index is 14.2. The molecule has 0 unspecified atom stereocenters. The van der Waals surface area contributed by atoms with Crippen LogP contribution >= 0.6 is 0 Å². The third kappa shape index (κ3) is 4.23. The van der Waals surface area contributed by atoms with Gasteiger partial charge >= 0.3 is 0 Å². The van der Waals surface area contributed by atoms with Crippen LogP contribution in [0, 0.1) is 5.82 Å². The predicted octanol–water partition coefficient (Wildman–Crippen LogP) is 4.00. The van der Waals surface area contributed by atoms with Crippen molar-refractivity contribution in [2.45, 2.75) is 70.6 Å². The lowest BCUT2D eigenvalue weighted by molar-refractivity contribution is -0.134. The topological polar surface area (TPSA) is 96.3 Å². The van der Waals surface area contributed by atoms with E-state index < -0.39 is 17.3 Å². The van der Waals surface area contributed by atoms with Gasteiger partial charge in [0.15, 0.2) is 0 Å². The number of pyridine rings is 1. The fourth-order valence-corrected chi connectivity index (χ4v) is 5.44. The Hall–Kier alpha value is -3.75. The van der Waals surface area contributed by atoms with E-state index in [1.54, 1.807) is 35.9 Å². The summed E-state index contributed by atoms with van der Waals surface area (Å²) in [5.41, 5.74) is 0.469. The van der Waals surface area contributed by atoms with Crippen LogP contribution in [0.2, 0.25) is 0 Å². The zero-order valence-electron chi connectivity index (χ0n) is 20.5. The van der Waals surface area contributed by atoms with Gasteiger partial charge in [-0.05, 0) is 50.1 Å². The van der Waals surface area contributed by atoms with E-state index in [2.05, 4.69) is 15.6 Å². The Morgan fingerprint density at radius 3 is 2.64 bits per heavy atom. The van der Waals surface area contributed by atoms with Gasteiger partial charge < -0.3 is 20.1 Å². The molecule has 36 heavy (non-hydrogen) atoms. The molecule has 3 heterocycles. The highest BCUT2D eigenvalue weighted by Gasteiger charge is 2.49. The van der Waals surface area contributed by atoms with Crippen molar-refractivity contribution >= 4 is 34.3 Å². The normalized spacial score (nSPS) is 20.3. The molecular weight excluding hydrogens is 461 g/mol. The minimum absolute atomic E-state index is 0.0710. The van der Waals surface area contributed by atoms with Gasteiger partial charge in [-0.2, -0.15) is 0 Å². The van der Waals surface area contributed by atoms with E-state index >= 15 is 0 Å². The molecule has 1 aliphatic heterocycles. The molecule has 0 bridgehead atoms. The average molecular weight is 492 g/mol. The number of benzene rings is 1. The van der Waals surface area contributed by atoms with Gasteiger partial charge in [-0.15, -0.1) is 0 Å². The minimum atomic E-state index is -1.23. The molecule has 2 aliphatic rings. The van der Waals surface area contributed by atoms with Gasteiger partial charge in [-0.25, -0.2) is 4.39 Å². The average Bonchev–Trinajstić information content (AvgIpc) is 3.14. The highest BCUT2D eigenvalue weighted by Crippen LogP contribution is 2.39. The molecule has 3 aromatic rings. The summed E-state index contributed by atoms with van der Waals surface area (Å²) in [6.07, 6.45) is 6.77. The van der Waals surface area contributed by atoms with Crippen LogP contribution in [0.5, 0.6) is 0 Å². The first-order valence-electron chi connectivity index (χ1n) is 12.4. The number of amides is 3. The van der Waals surface area contributed by atoms with Gasteiger partial charge in [-0.1, -0.05) is 25.3 Å². The molecule has 5 rings (SSSR count). The summed E-state index contributed by atoms with van der Waals surface area (Å²) < 4.78 is 16.0. The Bertz CT molecular complexity index is 1330. The second kappa shape index (κ2) is 9.37. The Labute approximate surface area is 208 Å². The van der Waals surface area contributed by atoms with Gasteiger partial charge in [-0.3, -0.25) is 19.4 Å². The number of anilines is 1. The van der Waals surface area contributed by atoms with E-state index in [1.807, 2.05) is 6.07 Å². The molecule has 1 aliphatic carbocycles. The molecule has 2 aromatic heterocycles. The van der Waals surface area contributed by atoms with Crippen molar-refractivity contribution in [3.05, 3.63) is 59.8 Å². The summed E-state index contributed by atoms with van der Waals surface area (Å²) in [7, 11) is 0. The molecule has 0 spiro atoms. The van der Waals surface area contributed by atoms with Crippen LogP contribution in [0.15, 0.2) is 42.6 Å². The molecule has 0 saturated heterocycles. The monoisotopic (exact) mass is 491 g/mol. The first-order valence-corrected chi connectivity index (χ1v) is 12.4. The van der Waals surface area contributed by atoms with Gasteiger partial charge in [0.2, 0.25) is 11.8 Å². The Balaban J connectivity index is 1.64. The minimum Gasteiger partial charge on any atom is -0.351 e. The lowest BCUT2D eigenvalue weighted by atomic mass is 9.91. The van der Waals surface area contributed by atoms with Crippen LogP contribution in [0.3, 0.4) is 0 Å². The van der Waals surface area contributed by atoms with Crippen molar-refractivity contribution in [3.63, 3.8) is 0 Å². The summed E-state index contributed by atoms with van der Waals surface area (Å²) in [4.78, 5) is 45.9. The molecule has 2 N–H and O–H groups in total. The molecule has 1 saturated carbocycles. The van der Waals surface area contributed by atoms with Crippen molar-refractivity contribution in [2.75, 3.05) is 5.32 Å². The molecule has 0 radical (unpaired) electrons. The lowest BCUT2D eigenvalue weighted by Crippen LogP contribution is -2.64. The predicted molar refractivity (Wildman–Crippen MR) is 134 cm³/mol. The molecule has 3 amide bonds. The van der Waals surface area contributed by atoms with E-state index in [0.717, 1.165) is 32.1 Å². The fraction of sp³-hybridized carbons (Fsp3) is 0.407. The summed E-state index contributed by atoms with van der Waals surface area (Å²) >= 11 is 0. The van der Waals surface area contributed by atoms with E-state index in [4.69, 9.17) is 0 Å². The van der Waals surface area contributed by atoms with Gasteiger partial charge in [0.1, 0.15) is 17.1 Å². The molecule has 8 nitrogen and oxygen atoms in total. The van der Waals surface area contributed by atoms with Crippen molar-refractivity contribution in [2.24, 2.45) is 0 Å². The lowest BCUT2D eigenvalue weighted by Gasteiger charge is -2.45. The number of fused-ring (bicyclic) bond motifs is 3. The van der Waals surface area contributed by atoms with Crippen LogP contribution < -0.4 is 10.6 Å². The number of hydrogen-bond acceptors (Lipinski definition) is 4.